The molecule has 4 nitrogen and oxygen atoms in total. The Bertz CT molecular complexity index is 725. The van der Waals surface area contributed by atoms with E-state index in [-0.39, 0.29) is 17.7 Å². The summed E-state index contributed by atoms with van der Waals surface area (Å²) in [6.07, 6.45) is 1.19. The molecule has 0 fully saturated rings. The number of halogens is 2. The highest BCUT2D eigenvalue weighted by Crippen LogP contribution is 2.14. The first-order valence-corrected chi connectivity index (χ1v) is 6.07. The van der Waals surface area contributed by atoms with Gasteiger partial charge in [0.2, 0.25) is 5.95 Å². The summed E-state index contributed by atoms with van der Waals surface area (Å²) >= 11 is 0. The molecule has 6 heteroatoms. The Morgan fingerprint density at radius 3 is 2.76 bits per heavy atom. The second-order valence-corrected chi connectivity index (χ2v) is 4.45. The van der Waals surface area contributed by atoms with E-state index < -0.39 is 17.7 Å². The van der Waals surface area contributed by atoms with Gasteiger partial charge < -0.3 is 4.90 Å². The summed E-state index contributed by atoms with van der Waals surface area (Å²) in [7, 11) is 1.47. The van der Waals surface area contributed by atoms with Crippen molar-refractivity contribution in [3.8, 4) is 6.07 Å². The summed E-state index contributed by atoms with van der Waals surface area (Å²) < 4.78 is 26.7. The largest absolute Gasteiger partial charge is 0.337 e. The lowest BCUT2D eigenvalue weighted by molar-refractivity contribution is 0.0783. The number of carbonyl (C=O) groups excluding carboxylic acids is 1. The van der Waals surface area contributed by atoms with Gasteiger partial charge in [0.25, 0.3) is 5.91 Å². The van der Waals surface area contributed by atoms with Gasteiger partial charge in [-0.3, -0.25) is 4.79 Å². The third-order valence-corrected chi connectivity index (χ3v) is 2.90. The van der Waals surface area contributed by atoms with Crippen LogP contribution < -0.4 is 0 Å². The van der Waals surface area contributed by atoms with E-state index in [2.05, 4.69) is 4.98 Å². The summed E-state index contributed by atoms with van der Waals surface area (Å²) in [5.74, 6) is -1.72. The number of hydrogen-bond donors (Lipinski definition) is 0. The Morgan fingerprint density at radius 1 is 1.33 bits per heavy atom. The summed E-state index contributed by atoms with van der Waals surface area (Å²) in [4.78, 5) is 16.7. The number of nitriles is 1. The topological polar surface area (TPSA) is 57.0 Å². The Morgan fingerprint density at radius 2 is 2.10 bits per heavy atom. The van der Waals surface area contributed by atoms with Gasteiger partial charge in [0.15, 0.2) is 0 Å². The van der Waals surface area contributed by atoms with Crippen molar-refractivity contribution in [3.05, 3.63) is 65.0 Å². The normalized spacial score (nSPS) is 10.0. The van der Waals surface area contributed by atoms with Crippen molar-refractivity contribution in [2.24, 2.45) is 0 Å². The van der Waals surface area contributed by atoms with Gasteiger partial charge in [-0.1, -0.05) is 0 Å². The molecule has 0 radical (unpaired) electrons. The maximum atomic E-state index is 13.7. The number of benzene rings is 1. The van der Waals surface area contributed by atoms with Crippen molar-refractivity contribution >= 4 is 5.91 Å². The van der Waals surface area contributed by atoms with Gasteiger partial charge in [-0.05, 0) is 24.3 Å². The molecule has 0 saturated carbocycles. The van der Waals surface area contributed by atoms with Gasteiger partial charge in [0.05, 0.1) is 11.6 Å². The predicted molar refractivity (Wildman–Crippen MR) is 71.1 cm³/mol. The van der Waals surface area contributed by atoms with Crippen LogP contribution >= 0.6 is 0 Å². The molecule has 0 spiro atoms. The lowest BCUT2D eigenvalue weighted by atomic mass is 10.1. The number of aromatic nitrogens is 1. The smallest absolute Gasteiger partial charge is 0.254 e. The zero-order valence-corrected chi connectivity index (χ0v) is 11.2. The lowest BCUT2D eigenvalue weighted by Crippen LogP contribution is -2.26. The van der Waals surface area contributed by atoms with Crippen molar-refractivity contribution in [2.45, 2.75) is 6.54 Å². The average Bonchev–Trinajstić information content (AvgIpc) is 2.48. The molecular weight excluding hydrogens is 276 g/mol. The zero-order chi connectivity index (χ0) is 15.4. The summed E-state index contributed by atoms with van der Waals surface area (Å²) in [5.41, 5.74) is 0.656. The molecule has 1 aromatic carbocycles. The third-order valence-electron chi connectivity index (χ3n) is 2.90. The minimum absolute atomic E-state index is 0.0237. The molecule has 2 rings (SSSR count). The number of pyridine rings is 1. The lowest BCUT2D eigenvalue weighted by Gasteiger charge is -2.17. The fourth-order valence-corrected chi connectivity index (χ4v) is 1.85. The van der Waals surface area contributed by atoms with Crippen LogP contribution in [0, 0.1) is 23.1 Å². The minimum atomic E-state index is -0.757. The van der Waals surface area contributed by atoms with Crippen LogP contribution in [0.2, 0.25) is 0 Å². The molecule has 0 unspecified atom stereocenters. The molecule has 21 heavy (non-hydrogen) atoms. The molecule has 0 aliphatic carbocycles. The van der Waals surface area contributed by atoms with E-state index in [0.29, 0.717) is 5.56 Å². The highest BCUT2D eigenvalue weighted by atomic mass is 19.1. The third kappa shape index (κ3) is 3.39. The first-order chi connectivity index (χ1) is 10.0. The molecule has 0 atom stereocenters. The van der Waals surface area contributed by atoms with Gasteiger partial charge >= 0.3 is 0 Å². The SMILES string of the molecule is CN(Cc1cc(C#N)ccc1F)C(=O)c1ccnc(F)c1. The van der Waals surface area contributed by atoms with Crippen LogP contribution in [0.5, 0.6) is 0 Å². The highest BCUT2D eigenvalue weighted by Gasteiger charge is 2.15. The molecule has 2 aromatic rings. The minimum Gasteiger partial charge on any atom is -0.337 e. The van der Waals surface area contributed by atoms with Gasteiger partial charge in [-0.2, -0.15) is 9.65 Å². The quantitative estimate of drug-likeness (QED) is 0.815. The van der Waals surface area contributed by atoms with Crippen LogP contribution in [-0.2, 0) is 6.54 Å². The molecule has 0 bridgehead atoms. The molecule has 1 aromatic heterocycles. The van der Waals surface area contributed by atoms with E-state index in [9.17, 15) is 13.6 Å². The van der Waals surface area contributed by atoms with Crippen molar-refractivity contribution in [1.29, 1.82) is 5.26 Å². The Kier molecular flexibility index (Phi) is 4.24. The Balaban J connectivity index is 2.20. The number of hydrogen-bond acceptors (Lipinski definition) is 3. The van der Waals surface area contributed by atoms with E-state index in [0.717, 1.165) is 6.07 Å². The van der Waals surface area contributed by atoms with E-state index >= 15 is 0 Å². The summed E-state index contributed by atoms with van der Waals surface area (Å²) in [6, 6.07) is 8.22. The monoisotopic (exact) mass is 287 g/mol. The standard InChI is InChI=1S/C15H11F2N3O/c1-20(15(21)11-4-5-19-14(17)7-11)9-12-6-10(8-18)2-3-13(12)16/h2-7H,9H2,1H3. The van der Waals surface area contributed by atoms with Crippen LogP contribution in [0.15, 0.2) is 36.5 Å². The van der Waals surface area contributed by atoms with Crippen LogP contribution in [0.4, 0.5) is 8.78 Å². The fraction of sp³-hybridized carbons (Fsp3) is 0.133. The van der Waals surface area contributed by atoms with Crippen LogP contribution in [0.25, 0.3) is 0 Å². The number of nitrogens with zero attached hydrogens (tertiary/aromatic N) is 3. The molecule has 0 saturated heterocycles. The highest BCUT2D eigenvalue weighted by molar-refractivity contribution is 5.93. The second kappa shape index (κ2) is 6.09. The molecule has 106 valence electrons. The van der Waals surface area contributed by atoms with Crippen molar-refractivity contribution < 1.29 is 13.6 Å². The van der Waals surface area contributed by atoms with Crippen molar-refractivity contribution in [1.82, 2.24) is 9.88 Å². The summed E-state index contributed by atoms with van der Waals surface area (Å²) in [5, 5.41) is 8.80. The van der Waals surface area contributed by atoms with Gasteiger partial charge in [-0.15, -0.1) is 0 Å². The van der Waals surface area contributed by atoms with E-state index in [4.69, 9.17) is 5.26 Å². The van der Waals surface area contributed by atoms with Gasteiger partial charge in [0.1, 0.15) is 5.82 Å². The van der Waals surface area contributed by atoms with Gasteiger partial charge in [-0.25, -0.2) is 9.37 Å². The van der Waals surface area contributed by atoms with Crippen LogP contribution in [0.3, 0.4) is 0 Å². The Labute approximate surface area is 120 Å². The maximum absolute atomic E-state index is 13.7. The van der Waals surface area contributed by atoms with Crippen LogP contribution in [0.1, 0.15) is 21.5 Å². The predicted octanol–water partition coefficient (Wildman–Crippen LogP) is 2.50. The van der Waals surface area contributed by atoms with E-state index in [1.807, 2.05) is 6.07 Å². The molecule has 1 amide bonds. The first-order valence-electron chi connectivity index (χ1n) is 6.07. The first kappa shape index (κ1) is 14.6. The van der Waals surface area contributed by atoms with Gasteiger partial charge in [0, 0.05) is 37.0 Å². The molecule has 1 heterocycles. The van der Waals surface area contributed by atoms with Crippen LogP contribution in [-0.4, -0.2) is 22.8 Å². The van der Waals surface area contributed by atoms with E-state index in [1.165, 1.54) is 42.4 Å². The zero-order valence-electron chi connectivity index (χ0n) is 11.2. The number of carbonyl (C=O) groups is 1. The molecular formula is C15H11F2N3O. The number of amides is 1. The fourth-order valence-electron chi connectivity index (χ4n) is 1.85. The Hall–Kier alpha value is -2.81. The maximum Gasteiger partial charge on any atom is 0.254 e. The number of rotatable bonds is 3. The van der Waals surface area contributed by atoms with Crippen molar-refractivity contribution in [3.63, 3.8) is 0 Å². The second-order valence-electron chi connectivity index (χ2n) is 4.45. The summed E-state index contributed by atoms with van der Waals surface area (Å²) in [6.45, 7) is -0.0237. The molecule has 0 N–H and O–H groups in total. The van der Waals surface area contributed by atoms with E-state index in [1.54, 1.807) is 0 Å². The molecule has 0 aliphatic rings. The average molecular weight is 287 g/mol. The van der Waals surface area contributed by atoms with Crippen molar-refractivity contribution in [2.75, 3.05) is 7.05 Å². The molecule has 0 aliphatic heterocycles.